The van der Waals surface area contributed by atoms with Gasteiger partial charge in [0.2, 0.25) is 0 Å². The molecule has 0 aliphatic carbocycles. The molecule has 0 heteroatoms. The predicted molar refractivity (Wildman–Crippen MR) is 80.5 cm³/mol. The first-order valence-corrected chi connectivity index (χ1v) is 8.12. The molecular formula is C17H36. The van der Waals surface area contributed by atoms with Crippen LogP contribution >= 0.6 is 0 Å². The maximum absolute atomic E-state index is 2.46. The molecule has 0 rings (SSSR count). The van der Waals surface area contributed by atoms with Crippen LogP contribution in [0.1, 0.15) is 105 Å². The van der Waals surface area contributed by atoms with Crippen molar-refractivity contribution in [3.8, 4) is 0 Å². The molecule has 0 nitrogen and oxygen atoms in total. The molecule has 0 N–H and O–H groups in total. The lowest BCUT2D eigenvalue weighted by molar-refractivity contribution is 0.283. The van der Waals surface area contributed by atoms with Crippen molar-refractivity contribution >= 4 is 0 Å². The summed E-state index contributed by atoms with van der Waals surface area (Å²) < 4.78 is 0. The highest BCUT2D eigenvalue weighted by Crippen LogP contribution is 2.30. The molecule has 0 spiro atoms. The van der Waals surface area contributed by atoms with Crippen LogP contribution in [0.5, 0.6) is 0 Å². The minimum atomic E-state index is 0.596. The van der Waals surface area contributed by atoms with Gasteiger partial charge in [-0.1, -0.05) is 91.9 Å². The Morgan fingerprint density at radius 1 is 0.529 bits per heavy atom. The summed E-state index contributed by atoms with van der Waals surface area (Å²) in [7, 11) is 0. The second-order valence-electron chi connectivity index (χ2n) is 6.49. The second kappa shape index (κ2) is 11.1. The first-order chi connectivity index (χ1) is 8.12. The van der Waals surface area contributed by atoms with Gasteiger partial charge in [-0.25, -0.2) is 0 Å². The average Bonchev–Trinajstić information content (AvgIpc) is 2.28. The van der Waals surface area contributed by atoms with E-state index < -0.39 is 0 Å². The Hall–Kier alpha value is 0. The standard InChI is InChI=1S/C17H36/c1-5-7-9-10-11-12-14-16-17(3,4)15-13-8-6-2/h5-16H2,1-4H3. The Morgan fingerprint density at radius 3 is 1.41 bits per heavy atom. The van der Waals surface area contributed by atoms with Crippen molar-refractivity contribution in [3.05, 3.63) is 0 Å². The van der Waals surface area contributed by atoms with Crippen LogP contribution in [0, 0.1) is 5.41 Å². The Balaban J connectivity index is 3.32. The molecule has 0 unspecified atom stereocenters. The third-order valence-corrected chi connectivity index (χ3v) is 3.91. The lowest BCUT2D eigenvalue weighted by Crippen LogP contribution is -2.10. The zero-order chi connectivity index (χ0) is 13.0. The highest BCUT2D eigenvalue weighted by Gasteiger charge is 2.16. The summed E-state index contributed by atoms with van der Waals surface area (Å²) in [5, 5.41) is 0. The van der Waals surface area contributed by atoms with Gasteiger partial charge in [-0.2, -0.15) is 0 Å². The van der Waals surface area contributed by atoms with Crippen molar-refractivity contribution in [2.24, 2.45) is 5.41 Å². The van der Waals surface area contributed by atoms with Crippen molar-refractivity contribution in [3.63, 3.8) is 0 Å². The third-order valence-electron chi connectivity index (χ3n) is 3.91. The summed E-state index contributed by atoms with van der Waals surface area (Å²) in [4.78, 5) is 0. The normalized spacial score (nSPS) is 12.0. The van der Waals surface area contributed by atoms with E-state index in [1.54, 1.807) is 0 Å². The van der Waals surface area contributed by atoms with Gasteiger partial charge in [-0.3, -0.25) is 0 Å². The molecule has 0 heterocycles. The van der Waals surface area contributed by atoms with Crippen LogP contribution in [0.4, 0.5) is 0 Å². The third kappa shape index (κ3) is 12.2. The molecule has 0 aliphatic rings. The Bertz CT molecular complexity index is 146. The van der Waals surface area contributed by atoms with Gasteiger partial charge in [0.05, 0.1) is 0 Å². The Labute approximate surface area is 111 Å². The van der Waals surface area contributed by atoms with Gasteiger partial charge < -0.3 is 0 Å². The lowest BCUT2D eigenvalue weighted by Gasteiger charge is -2.24. The second-order valence-corrected chi connectivity index (χ2v) is 6.49. The van der Waals surface area contributed by atoms with Crippen molar-refractivity contribution in [1.82, 2.24) is 0 Å². The molecule has 104 valence electrons. The van der Waals surface area contributed by atoms with E-state index in [4.69, 9.17) is 0 Å². The molecule has 0 saturated carbocycles. The van der Waals surface area contributed by atoms with Crippen LogP contribution in [-0.4, -0.2) is 0 Å². The summed E-state index contributed by atoms with van der Waals surface area (Å²) in [6.45, 7) is 9.50. The lowest BCUT2D eigenvalue weighted by atomic mass is 9.82. The highest BCUT2D eigenvalue weighted by molar-refractivity contribution is 4.68. The van der Waals surface area contributed by atoms with Crippen molar-refractivity contribution < 1.29 is 0 Å². The van der Waals surface area contributed by atoms with E-state index >= 15 is 0 Å². The first kappa shape index (κ1) is 17.0. The van der Waals surface area contributed by atoms with Crippen LogP contribution in [0.25, 0.3) is 0 Å². The van der Waals surface area contributed by atoms with Crippen LogP contribution < -0.4 is 0 Å². The highest BCUT2D eigenvalue weighted by atomic mass is 14.2. The van der Waals surface area contributed by atoms with E-state index in [0.717, 1.165) is 0 Å². The van der Waals surface area contributed by atoms with E-state index in [2.05, 4.69) is 27.7 Å². The quantitative estimate of drug-likeness (QED) is 0.332. The molecule has 0 fully saturated rings. The van der Waals surface area contributed by atoms with Gasteiger partial charge in [0.15, 0.2) is 0 Å². The minimum absolute atomic E-state index is 0.596. The largest absolute Gasteiger partial charge is 0.0654 e. The maximum Gasteiger partial charge on any atom is -0.0354 e. The molecule has 0 saturated heterocycles. The SMILES string of the molecule is CCCCCCCCCC(C)(C)CCCCC. The fourth-order valence-corrected chi connectivity index (χ4v) is 2.54. The molecule has 0 bridgehead atoms. The van der Waals surface area contributed by atoms with Gasteiger partial charge in [-0.05, 0) is 18.3 Å². The first-order valence-electron chi connectivity index (χ1n) is 8.12. The average molecular weight is 240 g/mol. The monoisotopic (exact) mass is 240 g/mol. The number of unbranched alkanes of at least 4 members (excludes halogenated alkanes) is 8. The fraction of sp³-hybridized carbons (Fsp3) is 1.00. The molecular weight excluding hydrogens is 204 g/mol. The molecule has 17 heavy (non-hydrogen) atoms. The molecule has 0 atom stereocenters. The maximum atomic E-state index is 2.46. The minimum Gasteiger partial charge on any atom is -0.0654 e. The summed E-state index contributed by atoms with van der Waals surface area (Å²) in [6.07, 6.45) is 17.2. The molecule has 0 aromatic rings. The van der Waals surface area contributed by atoms with Gasteiger partial charge in [0.25, 0.3) is 0 Å². The molecule has 0 radical (unpaired) electrons. The van der Waals surface area contributed by atoms with Crippen molar-refractivity contribution in [2.75, 3.05) is 0 Å². The Morgan fingerprint density at radius 2 is 0.882 bits per heavy atom. The molecule has 0 aliphatic heterocycles. The number of hydrogen-bond donors (Lipinski definition) is 0. The van der Waals surface area contributed by atoms with Crippen LogP contribution in [0.15, 0.2) is 0 Å². The van der Waals surface area contributed by atoms with Crippen LogP contribution in [-0.2, 0) is 0 Å². The molecule has 0 aromatic heterocycles. The van der Waals surface area contributed by atoms with E-state index in [-0.39, 0.29) is 0 Å². The predicted octanol–water partition coefficient (Wildman–Crippen LogP) is 6.73. The zero-order valence-electron chi connectivity index (χ0n) is 13.0. The summed E-state index contributed by atoms with van der Waals surface area (Å²) in [5.74, 6) is 0. The van der Waals surface area contributed by atoms with Crippen LogP contribution in [0.3, 0.4) is 0 Å². The Kier molecular flexibility index (Phi) is 11.1. The fourth-order valence-electron chi connectivity index (χ4n) is 2.54. The van der Waals surface area contributed by atoms with Gasteiger partial charge in [0.1, 0.15) is 0 Å². The van der Waals surface area contributed by atoms with Crippen LogP contribution in [0.2, 0.25) is 0 Å². The topological polar surface area (TPSA) is 0 Å². The van der Waals surface area contributed by atoms with Gasteiger partial charge in [0, 0.05) is 0 Å². The van der Waals surface area contributed by atoms with Gasteiger partial charge in [-0.15, -0.1) is 0 Å². The number of rotatable bonds is 12. The zero-order valence-corrected chi connectivity index (χ0v) is 13.0. The molecule has 0 aromatic carbocycles. The summed E-state index contributed by atoms with van der Waals surface area (Å²) in [5.41, 5.74) is 0.596. The van der Waals surface area contributed by atoms with E-state index in [1.165, 1.54) is 77.0 Å². The van der Waals surface area contributed by atoms with E-state index in [1.807, 2.05) is 0 Å². The van der Waals surface area contributed by atoms with Crippen molar-refractivity contribution in [2.45, 2.75) is 105 Å². The summed E-state index contributed by atoms with van der Waals surface area (Å²) in [6, 6.07) is 0. The summed E-state index contributed by atoms with van der Waals surface area (Å²) >= 11 is 0. The van der Waals surface area contributed by atoms with Crippen molar-refractivity contribution in [1.29, 1.82) is 0 Å². The molecule has 0 amide bonds. The van der Waals surface area contributed by atoms with E-state index in [0.29, 0.717) is 5.41 Å². The van der Waals surface area contributed by atoms with E-state index in [9.17, 15) is 0 Å². The smallest absolute Gasteiger partial charge is 0.0354 e. The number of hydrogen-bond acceptors (Lipinski definition) is 0. The van der Waals surface area contributed by atoms with Gasteiger partial charge >= 0.3 is 0 Å².